The van der Waals surface area contributed by atoms with Crippen LogP contribution in [0, 0.1) is 5.92 Å². The first kappa shape index (κ1) is 18.2. The molecule has 0 aromatic carbocycles. The number of nitrogens with zero attached hydrogens (tertiary/aromatic N) is 1. The number of hydrogen-bond acceptors (Lipinski definition) is 3. The minimum Gasteiger partial charge on any atom is -0.481 e. The minimum absolute atomic E-state index is 0.0212. The van der Waals surface area contributed by atoms with Gasteiger partial charge in [0.2, 0.25) is 10.0 Å². The largest absolute Gasteiger partial charge is 0.481 e. The van der Waals surface area contributed by atoms with Crippen LogP contribution in [0.4, 0.5) is 13.2 Å². The molecule has 5 nitrogen and oxygen atoms in total. The van der Waals surface area contributed by atoms with Crippen molar-refractivity contribution >= 4 is 16.0 Å². The fourth-order valence-corrected chi connectivity index (χ4v) is 4.04. The zero-order valence-corrected chi connectivity index (χ0v) is 12.4. The molecular formula is C12H20F3NO4S. The summed E-state index contributed by atoms with van der Waals surface area (Å²) in [6.07, 6.45) is -4.16. The number of piperidine rings is 1. The predicted octanol–water partition coefficient (Wildman–Crippen LogP) is 2.24. The summed E-state index contributed by atoms with van der Waals surface area (Å²) in [7, 11) is -3.69. The molecule has 1 heterocycles. The van der Waals surface area contributed by atoms with Crippen molar-refractivity contribution < 1.29 is 31.5 Å². The second-order valence-corrected chi connectivity index (χ2v) is 7.42. The molecular weight excluding hydrogens is 311 g/mol. The molecule has 1 unspecified atom stereocenters. The average Bonchev–Trinajstić information content (AvgIpc) is 2.35. The monoisotopic (exact) mass is 331 g/mol. The Morgan fingerprint density at radius 1 is 1.33 bits per heavy atom. The van der Waals surface area contributed by atoms with Crippen LogP contribution in [-0.4, -0.2) is 48.8 Å². The Bertz CT molecular complexity index is 450. The molecule has 1 aliphatic heterocycles. The van der Waals surface area contributed by atoms with Gasteiger partial charge in [0.05, 0.1) is 5.75 Å². The molecule has 0 saturated carbocycles. The van der Waals surface area contributed by atoms with Gasteiger partial charge in [-0.2, -0.15) is 13.2 Å². The Kier molecular flexibility index (Phi) is 6.45. The quantitative estimate of drug-likeness (QED) is 0.776. The van der Waals surface area contributed by atoms with Crippen molar-refractivity contribution in [2.45, 2.75) is 44.7 Å². The van der Waals surface area contributed by atoms with Gasteiger partial charge in [-0.1, -0.05) is 0 Å². The van der Waals surface area contributed by atoms with E-state index < -0.39 is 40.8 Å². The van der Waals surface area contributed by atoms with E-state index in [4.69, 9.17) is 5.11 Å². The van der Waals surface area contributed by atoms with Gasteiger partial charge in [0.15, 0.2) is 0 Å². The zero-order chi connectivity index (χ0) is 16.1. The third-order valence-corrected chi connectivity index (χ3v) is 5.43. The SMILES string of the molecule is O=C(O)CCC1CCCN(S(=O)(=O)CCCC(F)(F)F)C1. The first-order valence-corrected chi connectivity index (χ1v) is 8.47. The summed E-state index contributed by atoms with van der Waals surface area (Å²) < 4.78 is 61.3. The van der Waals surface area contributed by atoms with Crippen molar-refractivity contribution in [3.05, 3.63) is 0 Å². The number of hydrogen-bond donors (Lipinski definition) is 1. The maximum Gasteiger partial charge on any atom is 0.389 e. The van der Waals surface area contributed by atoms with Gasteiger partial charge in [-0.3, -0.25) is 4.79 Å². The molecule has 0 aromatic rings. The lowest BCUT2D eigenvalue weighted by Crippen LogP contribution is -2.41. The van der Waals surface area contributed by atoms with Crippen molar-refractivity contribution in [3.63, 3.8) is 0 Å². The molecule has 0 bridgehead atoms. The highest BCUT2D eigenvalue weighted by atomic mass is 32.2. The van der Waals surface area contributed by atoms with Crippen molar-refractivity contribution in [1.29, 1.82) is 0 Å². The second kappa shape index (κ2) is 7.44. The molecule has 0 aromatic heterocycles. The zero-order valence-electron chi connectivity index (χ0n) is 11.6. The van der Waals surface area contributed by atoms with Crippen molar-refractivity contribution in [2.24, 2.45) is 5.92 Å². The molecule has 1 aliphatic rings. The van der Waals surface area contributed by atoms with E-state index in [0.29, 0.717) is 19.4 Å². The molecule has 1 atom stereocenters. The molecule has 1 fully saturated rings. The van der Waals surface area contributed by atoms with Gasteiger partial charge in [-0.25, -0.2) is 12.7 Å². The van der Waals surface area contributed by atoms with Crippen molar-refractivity contribution in [1.82, 2.24) is 4.31 Å². The average molecular weight is 331 g/mol. The van der Waals surface area contributed by atoms with E-state index in [-0.39, 0.29) is 18.9 Å². The number of halogens is 3. The Labute approximate surface area is 122 Å². The highest BCUT2D eigenvalue weighted by molar-refractivity contribution is 7.89. The molecule has 1 rings (SSSR count). The maximum atomic E-state index is 12.0. The highest BCUT2D eigenvalue weighted by Crippen LogP contribution is 2.25. The third kappa shape index (κ3) is 7.12. The molecule has 9 heteroatoms. The Morgan fingerprint density at radius 2 is 2.00 bits per heavy atom. The summed E-state index contributed by atoms with van der Waals surface area (Å²) >= 11 is 0. The number of sulfonamides is 1. The van der Waals surface area contributed by atoms with E-state index in [1.807, 2.05) is 0 Å². The van der Waals surface area contributed by atoms with E-state index in [1.54, 1.807) is 0 Å². The van der Waals surface area contributed by atoms with E-state index >= 15 is 0 Å². The van der Waals surface area contributed by atoms with Gasteiger partial charge in [0, 0.05) is 25.9 Å². The van der Waals surface area contributed by atoms with E-state index in [9.17, 15) is 26.4 Å². The number of alkyl halides is 3. The Morgan fingerprint density at radius 3 is 2.57 bits per heavy atom. The van der Waals surface area contributed by atoms with Crippen LogP contribution in [0.25, 0.3) is 0 Å². The highest BCUT2D eigenvalue weighted by Gasteiger charge is 2.31. The first-order valence-electron chi connectivity index (χ1n) is 6.86. The van der Waals surface area contributed by atoms with Gasteiger partial charge in [0.25, 0.3) is 0 Å². The fraction of sp³-hybridized carbons (Fsp3) is 0.917. The Balaban J connectivity index is 2.48. The number of rotatable bonds is 7. The van der Waals surface area contributed by atoms with Gasteiger partial charge in [0.1, 0.15) is 0 Å². The van der Waals surface area contributed by atoms with E-state index in [2.05, 4.69) is 0 Å². The summed E-state index contributed by atoms with van der Waals surface area (Å²) in [5, 5.41) is 8.62. The van der Waals surface area contributed by atoms with Crippen LogP contribution in [0.2, 0.25) is 0 Å². The van der Waals surface area contributed by atoms with Crippen LogP contribution in [-0.2, 0) is 14.8 Å². The molecule has 1 saturated heterocycles. The number of aliphatic carboxylic acids is 1. The standard InChI is InChI=1S/C12H20F3NO4S/c13-12(14,15)6-2-8-21(19,20)16-7-1-3-10(9-16)4-5-11(17)18/h10H,1-9H2,(H,17,18). The molecule has 0 radical (unpaired) electrons. The van der Waals surface area contributed by atoms with Crippen LogP contribution in [0.5, 0.6) is 0 Å². The van der Waals surface area contributed by atoms with Gasteiger partial charge in [-0.05, 0) is 31.6 Å². The lowest BCUT2D eigenvalue weighted by Gasteiger charge is -2.31. The lowest BCUT2D eigenvalue weighted by molar-refractivity contribution is -0.137. The number of carbonyl (C=O) groups is 1. The normalized spacial score (nSPS) is 21.4. The summed E-state index contributed by atoms with van der Waals surface area (Å²) in [5.41, 5.74) is 0. The van der Waals surface area contributed by atoms with Gasteiger partial charge >= 0.3 is 12.1 Å². The van der Waals surface area contributed by atoms with Crippen LogP contribution in [0.15, 0.2) is 0 Å². The number of carboxylic acid groups (broad SMARTS) is 1. The summed E-state index contributed by atoms with van der Waals surface area (Å²) in [6, 6.07) is 0. The summed E-state index contributed by atoms with van der Waals surface area (Å²) in [4.78, 5) is 10.5. The topological polar surface area (TPSA) is 74.7 Å². The van der Waals surface area contributed by atoms with Gasteiger partial charge < -0.3 is 5.11 Å². The van der Waals surface area contributed by atoms with Crippen LogP contribution >= 0.6 is 0 Å². The maximum absolute atomic E-state index is 12.0. The van der Waals surface area contributed by atoms with Crippen LogP contribution < -0.4 is 0 Å². The molecule has 21 heavy (non-hydrogen) atoms. The van der Waals surface area contributed by atoms with Gasteiger partial charge in [-0.15, -0.1) is 0 Å². The second-order valence-electron chi connectivity index (χ2n) is 5.33. The minimum atomic E-state index is -4.35. The van der Waals surface area contributed by atoms with E-state index in [0.717, 1.165) is 6.42 Å². The predicted molar refractivity (Wildman–Crippen MR) is 70.2 cm³/mol. The molecule has 0 aliphatic carbocycles. The molecule has 0 spiro atoms. The molecule has 1 N–H and O–H groups in total. The van der Waals surface area contributed by atoms with E-state index in [1.165, 1.54) is 4.31 Å². The fourth-order valence-electron chi connectivity index (χ4n) is 2.43. The summed E-state index contributed by atoms with van der Waals surface area (Å²) in [6.45, 7) is 0.513. The summed E-state index contributed by atoms with van der Waals surface area (Å²) in [5.74, 6) is -1.48. The smallest absolute Gasteiger partial charge is 0.389 e. The lowest BCUT2D eigenvalue weighted by atomic mass is 9.95. The van der Waals surface area contributed by atoms with Crippen molar-refractivity contribution in [3.8, 4) is 0 Å². The van der Waals surface area contributed by atoms with Crippen molar-refractivity contribution in [2.75, 3.05) is 18.8 Å². The molecule has 124 valence electrons. The van der Waals surface area contributed by atoms with Crippen LogP contribution in [0.1, 0.15) is 38.5 Å². The Hall–Kier alpha value is -0.830. The van der Waals surface area contributed by atoms with Crippen LogP contribution in [0.3, 0.4) is 0 Å². The third-order valence-electron chi connectivity index (χ3n) is 3.50. The number of carboxylic acids is 1. The molecule has 0 amide bonds. The first-order chi connectivity index (χ1) is 9.60.